The van der Waals surface area contributed by atoms with E-state index in [9.17, 15) is 4.79 Å². The first kappa shape index (κ1) is 17.1. The van der Waals surface area contributed by atoms with Gasteiger partial charge in [0, 0.05) is 30.8 Å². The van der Waals surface area contributed by atoms with Crippen LogP contribution in [0.5, 0.6) is 0 Å². The first-order chi connectivity index (χ1) is 12.6. The van der Waals surface area contributed by atoms with Crippen molar-refractivity contribution in [3.63, 3.8) is 0 Å². The molecule has 8 heteroatoms. The van der Waals surface area contributed by atoms with Gasteiger partial charge in [0.1, 0.15) is 18.0 Å². The average molecular weight is 374 g/mol. The lowest BCUT2D eigenvalue weighted by Crippen LogP contribution is -2.38. The van der Waals surface area contributed by atoms with Gasteiger partial charge in [0.25, 0.3) is 0 Å². The number of nitrogens with zero attached hydrogens (tertiary/aromatic N) is 5. The van der Waals surface area contributed by atoms with Crippen LogP contribution in [0.15, 0.2) is 30.6 Å². The second kappa shape index (κ2) is 7.09. The Hall–Kier alpha value is -2.38. The number of rotatable bonds is 2. The number of likely N-dealkylation sites (N-methyl/N-ethyl adjacent to an activating group) is 1. The van der Waals surface area contributed by atoms with E-state index >= 15 is 0 Å². The van der Waals surface area contributed by atoms with Gasteiger partial charge in [-0.3, -0.25) is 4.79 Å². The standard InChI is InChI=1S/C18H20ClN5O2/c1-22-11-16(25)24(14-4-2-13(19)3-5-14)10-15-17(22)20-12-21-18(15)23-6-8-26-9-7-23/h2-5,12H,6-11H2,1H3. The van der Waals surface area contributed by atoms with Gasteiger partial charge >= 0.3 is 0 Å². The van der Waals surface area contributed by atoms with Crippen LogP contribution < -0.4 is 14.7 Å². The monoisotopic (exact) mass is 373 g/mol. The number of anilines is 3. The van der Waals surface area contributed by atoms with Gasteiger partial charge in [-0.25, -0.2) is 9.97 Å². The number of fused-ring (bicyclic) bond motifs is 1. The van der Waals surface area contributed by atoms with E-state index in [1.807, 2.05) is 24.1 Å². The van der Waals surface area contributed by atoms with Gasteiger partial charge < -0.3 is 19.4 Å². The van der Waals surface area contributed by atoms with Crippen molar-refractivity contribution >= 4 is 34.8 Å². The Morgan fingerprint density at radius 1 is 1.04 bits per heavy atom. The second-order valence-corrected chi connectivity index (χ2v) is 6.85. The average Bonchev–Trinajstić information content (AvgIpc) is 2.79. The zero-order valence-electron chi connectivity index (χ0n) is 14.6. The lowest BCUT2D eigenvalue weighted by molar-refractivity contribution is -0.117. The molecular formula is C18H20ClN5O2. The number of carbonyl (C=O) groups excluding carboxylic acids is 1. The minimum atomic E-state index is 0.0146. The molecule has 1 saturated heterocycles. The maximum Gasteiger partial charge on any atom is 0.246 e. The van der Waals surface area contributed by atoms with Crippen LogP contribution in [0.25, 0.3) is 0 Å². The Balaban J connectivity index is 1.75. The Kier molecular flexibility index (Phi) is 4.65. The summed E-state index contributed by atoms with van der Waals surface area (Å²) in [5.74, 6) is 1.69. The summed E-state index contributed by atoms with van der Waals surface area (Å²) in [4.78, 5) is 27.7. The van der Waals surface area contributed by atoms with E-state index in [2.05, 4.69) is 14.9 Å². The smallest absolute Gasteiger partial charge is 0.246 e. The van der Waals surface area contributed by atoms with Crippen LogP contribution in [0.3, 0.4) is 0 Å². The molecule has 1 aromatic heterocycles. The van der Waals surface area contributed by atoms with E-state index in [0.29, 0.717) is 24.8 Å². The van der Waals surface area contributed by atoms with Gasteiger partial charge in [0.2, 0.25) is 5.91 Å². The molecule has 26 heavy (non-hydrogen) atoms. The fourth-order valence-corrected chi connectivity index (χ4v) is 3.50. The van der Waals surface area contributed by atoms with Crippen molar-refractivity contribution in [2.75, 3.05) is 54.6 Å². The number of benzene rings is 1. The van der Waals surface area contributed by atoms with Gasteiger partial charge in [-0.2, -0.15) is 0 Å². The number of amides is 1. The van der Waals surface area contributed by atoms with Crippen molar-refractivity contribution in [1.82, 2.24) is 9.97 Å². The van der Waals surface area contributed by atoms with E-state index in [-0.39, 0.29) is 12.5 Å². The Morgan fingerprint density at radius 2 is 1.73 bits per heavy atom. The molecule has 0 aliphatic carbocycles. The largest absolute Gasteiger partial charge is 0.378 e. The van der Waals surface area contributed by atoms with Gasteiger partial charge in [0.05, 0.1) is 31.9 Å². The van der Waals surface area contributed by atoms with Crippen LogP contribution in [0.1, 0.15) is 5.56 Å². The third-order valence-electron chi connectivity index (χ3n) is 4.70. The molecule has 4 rings (SSSR count). The number of hydrogen-bond acceptors (Lipinski definition) is 6. The van der Waals surface area contributed by atoms with Gasteiger partial charge in [-0.1, -0.05) is 11.6 Å². The molecule has 1 aromatic carbocycles. The van der Waals surface area contributed by atoms with E-state index in [1.165, 1.54) is 0 Å². The van der Waals surface area contributed by atoms with Crippen LogP contribution in [0.4, 0.5) is 17.3 Å². The molecule has 2 aliphatic rings. The lowest BCUT2D eigenvalue weighted by Gasteiger charge is -2.30. The van der Waals surface area contributed by atoms with Gasteiger partial charge in [-0.05, 0) is 24.3 Å². The third kappa shape index (κ3) is 3.20. The molecule has 3 heterocycles. The summed E-state index contributed by atoms with van der Waals surface area (Å²) >= 11 is 6.00. The fraction of sp³-hybridized carbons (Fsp3) is 0.389. The summed E-state index contributed by atoms with van der Waals surface area (Å²) in [6, 6.07) is 7.32. The van der Waals surface area contributed by atoms with Crippen molar-refractivity contribution in [1.29, 1.82) is 0 Å². The number of aromatic nitrogens is 2. The minimum Gasteiger partial charge on any atom is -0.378 e. The van der Waals surface area contributed by atoms with Crippen LogP contribution >= 0.6 is 11.6 Å². The summed E-state index contributed by atoms with van der Waals surface area (Å²) in [7, 11) is 1.89. The quantitative estimate of drug-likeness (QED) is 0.801. The molecule has 136 valence electrons. The van der Waals surface area contributed by atoms with E-state index in [0.717, 1.165) is 36.0 Å². The van der Waals surface area contributed by atoms with E-state index in [4.69, 9.17) is 16.3 Å². The highest BCUT2D eigenvalue weighted by atomic mass is 35.5. The lowest BCUT2D eigenvalue weighted by atomic mass is 10.2. The first-order valence-electron chi connectivity index (χ1n) is 8.57. The molecule has 0 spiro atoms. The summed E-state index contributed by atoms with van der Waals surface area (Å²) in [5, 5.41) is 0.644. The van der Waals surface area contributed by atoms with Gasteiger partial charge in [0.15, 0.2) is 0 Å². The summed E-state index contributed by atoms with van der Waals surface area (Å²) < 4.78 is 5.46. The molecule has 0 saturated carbocycles. The summed E-state index contributed by atoms with van der Waals surface area (Å²) in [5.41, 5.74) is 1.77. The normalized spacial score (nSPS) is 17.9. The van der Waals surface area contributed by atoms with E-state index in [1.54, 1.807) is 23.4 Å². The van der Waals surface area contributed by atoms with Crippen LogP contribution in [-0.4, -0.2) is 55.8 Å². The first-order valence-corrected chi connectivity index (χ1v) is 8.95. The molecule has 0 unspecified atom stereocenters. The molecule has 2 aromatic rings. The molecule has 1 amide bonds. The highest BCUT2D eigenvalue weighted by Gasteiger charge is 2.29. The van der Waals surface area contributed by atoms with Gasteiger partial charge in [-0.15, -0.1) is 0 Å². The fourth-order valence-electron chi connectivity index (χ4n) is 3.38. The predicted octanol–water partition coefficient (Wildman–Crippen LogP) is 1.95. The van der Waals surface area contributed by atoms with Crippen molar-refractivity contribution < 1.29 is 9.53 Å². The molecular weight excluding hydrogens is 354 g/mol. The number of halogens is 1. The highest BCUT2D eigenvalue weighted by Crippen LogP contribution is 2.32. The Bertz CT molecular complexity index is 808. The van der Waals surface area contributed by atoms with Crippen LogP contribution in [0.2, 0.25) is 5.02 Å². The van der Waals surface area contributed by atoms with Crippen molar-refractivity contribution in [3.8, 4) is 0 Å². The SMILES string of the molecule is CN1CC(=O)N(c2ccc(Cl)cc2)Cc2c1ncnc2N1CCOCC1. The minimum absolute atomic E-state index is 0.0146. The molecule has 1 fully saturated rings. The summed E-state index contributed by atoms with van der Waals surface area (Å²) in [6.45, 7) is 3.59. The molecule has 0 radical (unpaired) electrons. The maximum atomic E-state index is 12.8. The van der Waals surface area contributed by atoms with Crippen molar-refractivity contribution in [2.45, 2.75) is 6.54 Å². The zero-order valence-corrected chi connectivity index (χ0v) is 15.3. The van der Waals surface area contributed by atoms with E-state index < -0.39 is 0 Å². The number of carbonyl (C=O) groups is 1. The Labute approximate surface area is 157 Å². The molecule has 2 aliphatic heterocycles. The second-order valence-electron chi connectivity index (χ2n) is 6.41. The number of ether oxygens (including phenoxy) is 1. The number of hydrogen-bond donors (Lipinski definition) is 0. The number of morpholine rings is 1. The summed E-state index contributed by atoms with van der Waals surface area (Å²) in [6.07, 6.45) is 1.57. The topological polar surface area (TPSA) is 61.8 Å². The highest BCUT2D eigenvalue weighted by molar-refractivity contribution is 6.30. The third-order valence-corrected chi connectivity index (χ3v) is 4.95. The predicted molar refractivity (Wildman–Crippen MR) is 101 cm³/mol. The Morgan fingerprint density at radius 3 is 2.46 bits per heavy atom. The van der Waals surface area contributed by atoms with Crippen molar-refractivity contribution in [2.24, 2.45) is 0 Å². The molecule has 0 bridgehead atoms. The van der Waals surface area contributed by atoms with Crippen molar-refractivity contribution in [3.05, 3.63) is 41.2 Å². The van der Waals surface area contributed by atoms with Crippen LogP contribution in [-0.2, 0) is 16.1 Å². The molecule has 7 nitrogen and oxygen atoms in total. The zero-order chi connectivity index (χ0) is 18.1. The van der Waals surface area contributed by atoms with Crippen LogP contribution in [0, 0.1) is 0 Å². The molecule has 0 atom stereocenters. The maximum absolute atomic E-state index is 12.8. The molecule has 0 N–H and O–H groups in total.